The molecule has 0 radical (unpaired) electrons. The van der Waals surface area contributed by atoms with Gasteiger partial charge >= 0.3 is 0 Å². The summed E-state index contributed by atoms with van der Waals surface area (Å²) in [5.41, 5.74) is 0.125. The largest absolute Gasteiger partial charge is 0.354 e. The van der Waals surface area contributed by atoms with E-state index in [0.29, 0.717) is 19.0 Å². The van der Waals surface area contributed by atoms with E-state index in [0.717, 1.165) is 12.1 Å². The van der Waals surface area contributed by atoms with E-state index in [1.165, 1.54) is 0 Å². The van der Waals surface area contributed by atoms with E-state index >= 15 is 0 Å². The second-order valence-corrected chi connectivity index (χ2v) is 3.04. The maximum absolute atomic E-state index is 12.8. The van der Waals surface area contributed by atoms with E-state index in [9.17, 15) is 13.2 Å². The highest BCUT2D eigenvalue weighted by atomic mass is 19.2. The van der Waals surface area contributed by atoms with Crippen LogP contribution < -0.4 is 10.6 Å². The smallest absolute Gasteiger partial charge is 0.195 e. The Hall–Kier alpha value is -1.72. The molecule has 0 atom stereocenters. The molecule has 2 rings (SSSR count). The quantitative estimate of drug-likeness (QED) is 0.696. The maximum atomic E-state index is 12.8. The second kappa shape index (κ2) is 3.80. The van der Waals surface area contributed by atoms with Gasteiger partial charge in [-0.25, -0.2) is 13.2 Å². The Morgan fingerprint density at radius 1 is 1.20 bits per heavy atom. The molecule has 0 aliphatic carbocycles. The summed E-state index contributed by atoms with van der Waals surface area (Å²) in [6, 6.07) is 1.75. The zero-order chi connectivity index (χ0) is 10.8. The topological polar surface area (TPSA) is 36.4 Å². The summed E-state index contributed by atoms with van der Waals surface area (Å²) in [4.78, 5) is 3.97. The van der Waals surface area contributed by atoms with Crippen LogP contribution in [-0.4, -0.2) is 19.0 Å². The first-order chi connectivity index (χ1) is 7.16. The number of anilines is 1. The number of benzene rings is 1. The van der Waals surface area contributed by atoms with Gasteiger partial charge in [-0.05, 0) is 0 Å². The molecule has 0 saturated carbocycles. The van der Waals surface area contributed by atoms with Gasteiger partial charge in [-0.3, -0.25) is 4.99 Å². The van der Waals surface area contributed by atoms with Gasteiger partial charge in [0.15, 0.2) is 23.4 Å². The van der Waals surface area contributed by atoms with Gasteiger partial charge in [0.05, 0.1) is 6.54 Å². The molecule has 6 heteroatoms. The molecule has 0 fully saturated rings. The van der Waals surface area contributed by atoms with Crippen LogP contribution in [-0.2, 0) is 0 Å². The van der Waals surface area contributed by atoms with E-state index in [1.54, 1.807) is 0 Å². The van der Waals surface area contributed by atoms with Gasteiger partial charge in [0.1, 0.15) is 0 Å². The second-order valence-electron chi connectivity index (χ2n) is 3.04. The number of nitrogens with zero attached hydrogens (tertiary/aromatic N) is 1. The lowest BCUT2D eigenvalue weighted by atomic mass is 10.3. The summed E-state index contributed by atoms with van der Waals surface area (Å²) in [5, 5.41) is 5.50. The van der Waals surface area contributed by atoms with Crippen molar-refractivity contribution < 1.29 is 13.2 Å². The zero-order valence-corrected chi connectivity index (χ0v) is 7.65. The Labute approximate surface area is 84.0 Å². The Morgan fingerprint density at radius 2 is 1.87 bits per heavy atom. The van der Waals surface area contributed by atoms with Gasteiger partial charge < -0.3 is 10.6 Å². The van der Waals surface area contributed by atoms with E-state index < -0.39 is 17.5 Å². The Balaban J connectivity index is 2.22. The molecule has 15 heavy (non-hydrogen) atoms. The molecule has 1 aromatic carbocycles. The zero-order valence-electron chi connectivity index (χ0n) is 7.65. The summed E-state index contributed by atoms with van der Waals surface area (Å²) < 4.78 is 38.2. The highest BCUT2D eigenvalue weighted by Gasteiger charge is 2.12. The van der Waals surface area contributed by atoms with Crippen LogP contribution in [0.25, 0.3) is 0 Å². The van der Waals surface area contributed by atoms with Crippen LogP contribution in [0, 0.1) is 17.5 Å². The number of nitrogens with one attached hydrogen (secondary N) is 2. The van der Waals surface area contributed by atoms with Crippen molar-refractivity contribution in [3.05, 3.63) is 29.6 Å². The molecule has 0 amide bonds. The summed E-state index contributed by atoms with van der Waals surface area (Å²) >= 11 is 0. The summed E-state index contributed by atoms with van der Waals surface area (Å²) in [6.45, 7) is 1.28. The molecule has 0 spiro atoms. The minimum Gasteiger partial charge on any atom is -0.354 e. The minimum absolute atomic E-state index is 0.125. The first kappa shape index (κ1) is 9.82. The first-order valence-electron chi connectivity index (χ1n) is 4.37. The molecule has 3 nitrogen and oxygen atoms in total. The van der Waals surface area contributed by atoms with Crippen molar-refractivity contribution in [2.24, 2.45) is 4.99 Å². The number of aliphatic imine (C=N–C) groups is 1. The molecule has 80 valence electrons. The predicted molar refractivity (Wildman–Crippen MR) is 50.2 cm³/mol. The normalized spacial score (nSPS) is 14.7. The van der Waals surface area contributed by atoms with Crippen LogP contribution in [0.4, 0.5) is 18.9 Å². The number of hydrogen-bond donors (Lipinski definition) is 2. The van der Waals surface area contributed by atoms with Gasteiger partial charge in [0, 0.05) is 24.4 Å². The number of hydrogen-bond acceptors (Lipinski definition) is 3. The van der Waals surface area contributed by atoms with Crippen molar-refractivity contribution in [3.63, 3.8) is 0 Å². The van der Waals surface area contributed by atoms with Gasteiger partial charge in [0.2, 0.25) is 0 Å². The van der Waals surface area contributed by atoms with Crippen molar-refractivity contribution in [2.75, 3.05) is 18.4 Å². The van der Waals surface area contributed by atoms with Gasteiger partial charge in [-0.1, -0.05) is 0 Å². The molecule has 1 aromatic rings. The Morgan fingerprint density at radius 3 is 2.40 bits per heavy atom. The first-order valence-corrected chi connectivity index (χ1v) is 4.37. The summed E-state index contributed by atoms with van der Waals surface area (Å²) in [7, 11) is 0. The standard InChI is InChI=1S/C9H8F3N3/c10-6-3-5(4-7(11)8(6)12)15-9-13-1-2-14-9/h3-4H,1-2H2,(H2,13,14,15). The van der Waals surface area contributed by atoms with Crippen LogP contribution in [0.1, 0.15) is 0 Å². The van der Waals surface area contributed by atoms with Crippen molar-refractivity contribution in [1.29, 1.82) is 0 Å². The van der Waals surface area contributed by atoms with Gasteiger partial charge in [0.25, 0.3) is 0 Å². The third kappa shape index (κ3) is 2.03. The fourth-order valence-corrected chi connectivity index (χ4v) is 1.25. The summed E-state index contributed by atoms with van der Waals surface area (Å²) in [5.74, 6) is -3.49. The lowest BCUT2D eigenvalue weighted by Crippen LogP contribution is -2.26. The molecule has 2 N–H and O–H groups in total. The van der Waals surface area contributed by atoms with E-state index in [2.05, 4.69) is 15.6 Å². The van der Waals surface area contributed by atoms with Crippen molar-refractivity contribution in [2.45, 2.75) is 0 Å². The highest BCUT2D eigenvalue weighted by Crippen LogP contribution is 2.17. The van der Waals surface area contributed by atoms with Crippen molar-refractivity contribution in [1.82, 2.24) is 5.32 Å². The third-order valence-electron chi connectivity index (χ3n) is 1.92. The van der Waals surface area contributed by atoms with E-state index in [4.69, 9.17) is 0 Å². The van der Waals surface area contributed by atoms with Crippen LogP contribution in [0.15, 0.2) is 17.1 Å². The van der Waals surface area contributed by atoms with Crippen LogP contribution in [0.3, 0.4) is 0 Å². The SMILES string of the molecule is Fc1cc(NC2=NCCN2)cc(F)c1F. The number of halogens is 3. The molecule has 0 unspecified atom stereocenters. The molecule has 0 bridgehead atoms. The Kier molecular flexibility index (Phi) is 2.49. The maximum Gasteiger partial charge on any atom is 0.195 e. The van der Waals surface area contributed by atoms with E-state index in [1.807, 2.05) is 0 Å². The van der Waals surface area contributed by atoms with Gasteiger partial charge in [-0.2, -0.15) is 0 Å². The molecule has 1 aliphatic rings. The molecule has 1 heterocycles. The minimum atomic E-state index is -1.47. The average molecular weight is 215 g/mol. The number of guanidine groups is 1. The summed E-state index contributed by atoms with van der Waals surface area (Å²) in [6.07, 6.45) is 0. The highest BCUT2D eigenvalue weighted by molar-refractivity contribution is 5.94. The average Bonchev–Trinajstić information content (AvgIpc) is 2.66. The molecule has 1 aliphatic heterocycles. The van der Waals surface area contributed by atoms with Crippen LogP contribution in [0.2, 0.25) is 0 Å². The van der Waals surface area contributed by atoms with Crippen molar-refractivity contribution in [3.8, 4) is 0 Å². The lowest BCUT2D eigenvalue weighted by Gasteiger charge is -2.07. The van der Waals surface area contributed by atoms with Crippen LogP contribution >= 0.6 is 0 Å². The van der Waals surface area contributed by atoms with Crippen LogP contribution in [0.5, 0.6) is 0 Å². The van der Waals surface area contributed by atoms with E-state index in [-0.39, 0.29) is 5.69 Å². The van der Waals surface area contributed by atoms with Crippen molar-refractivity contribution >= 4 is 11.6 Å². The third-order valence-corrected chi connectivity index (χ3v) is 1.92. The molecule has 0 aromatic heterocycles. The lowest BCUT2D eigenvalue weighted by molar-refractivity contribution is 0.448. The fourth-order valence-electron chi connectivity index (χ4n) is 1.25. The molecule has 0 saturated heterocycles. The molecular weight excluding hydrogens is 207 g/mol. The predicted octanol–water partition coefficient (Wildman–Crippen LogP) is 1.48. The Bertz CT molecular complexity index is 394. The fraction of sp³-hybridized carbons (Fsp3) is 0.222. The molecular formula is C9H8F3N3. The van der Waals surface area contributed by atoms with Gasteiger partial charge in [-0.15, -0.1) is 0 Å². The monoisotopic (exact) mass is 215 g/mol. The number of rotatable bonds is 1.